The number of likely N-dealkylation sites (tertiary alicyclic amines) is 1. The number of benzene rings is 2. The summed E-state index contributed by atoms with van der Waals surface area (Å²) in [5.74, 6) is 2.87. The van der Waals surface area contributed by atoms with Crippen LogP contribution in [-0.4, -0.2) is 37.9 Å². The molecule has 2 aliphatic heterocycles. The number of nitrogens with zero attached hydrogens (tertiary/aromatic N) is 1. The van der Waals surface area contributed by atoms with Gasteiger partial charge in [-0.3, -0.25) is 0 Å². The fraction of sp³-hybridized carbons (Fsp3) is 0.520. The van der Waals surface area contributed by atoms with Crippen LogP contribution in [0.3, 0.4) is 0 Å². The normalized spacial score (nSPS) is 21.0. The Morgan fingerprint density at radius 3 is 2.70 bits per heavy atom. The summed E-state index contributed by atoms with van der Waals surface area (Å²) in [4.78, 5) is 2.57. The van der Waals surface area contributed by atoms with Gasteiger partial charge in [-0.15, -0.1) is 0 Å². The van der Waals surface area contributed by atoms with Gasteiger partial charge in [0.2, 0.25) is 6.79 Å². The zero-order valence-corrected chi connectivity index (χ0v) is 17.8. The Bertz CT molecular complexity index is 811. The van der Waals surface area contributed by atoms with Crippen LogP contribution < -0.4 is 14.2 Å². The average Bonchev–Trinajstić information content (AvgIpc) is 3.24. The van der Waals surface area contributed by atoms with Gasteiger partial charge in [0.05, 0.1) is 6.61 Å². The Labute approximate surface area is 178 Å². The number of unbranched alkanes of at least 4 members (excludes halogenated alkanes) is 3. The van der Waals surface area contributed by atoms with Crippen molar-refractivity contribution in [2.24, 2.45) is 5.92 Å². The first-order chi connectivity index (χ1) is 14.7. The molecule has 4 rings (SSSR count). The molecule has 0 saturated carbocycles. The molecule has 5 heteroatoms. The molecule has 2 heterocycles. The van der Waals surface area contributed by atoms with Crippen molar-refractivity contribution in [3.8, 4) is 17.2 Å². The number of halogens is 1. The molecule has 1 saturated heterocycles. The van der Waals surface area contributed by atoms with Gasteiger partial charge in [-0.2, -0.15) is 0 Å². The first kappa shape index (κ1) is 21.0. The molecule has 1 fully saturated rings. The van der Waals surface area contributed by atoms with Gasteiger partial charge in [0.1, 0.15) is 11.6 Å². The molecule has 2 atom stereocenters. The Morgan fingerprint density at radius 2 is 1.87 bits per heavy atom. The fourth-order valence-corrected chi connectivity index (χ4v) is 4.56. The zero-order valence-electron chi connectivity index (χ0n) is 17.8. The summed E-state index contributed by atoms with van der Waals surface area (Å²) in [7, 11) is 0. The highest BCUT2D eigenvalue weighted by molar-refractivity contribution is 5.46. The maximum atomic E-state index is 13.4. The lowest BCUT2D eigenvalue weighted by Crippen LogP contribution is -2.42. The Hall–Kier alpha value is -2.27. The predicted octanol–water partition coefficient (Wildman–Crippen LogP) is 5.62. The molecular formula is C25H32FNO3. The Morgan fingerprint density at radius 1 is 1.03 bits per heavy atom. The monoisotopic (exact) mass is 413 g/mol. The molecule has 2 aromatic carbocycles. The van der Waals surface area contributed by atoms with Crippen molar-refractivity contribution in [1.82, 2.24) is 4.90 Å². The largest absolute Gasteiger partial charge is 0.493 e. The third-order valence-electron chi connectivity index (χ3n) is 6.25. The van der Waals surface area contributed by atoms with E-state index >= 15 is 0 Å². The van der Waals surface area contributed by atoms with E-state index < -0.39 is 0 Å². The van der Waals surface area contributed by atoms with Crippen molar-refractivity contribution in [1.29, 1.82) is 0 Å². The molecule has 0 aromatic heterocycles. The zero-order chi connectivity index (χ0) is 20.8. The van der Waals surface area contributed by atoms with E-state index in [1.807, 2.05) is 30.3 Å². The van der Waals surface area contributed by atoms with E-state index in [9.17, 15) is 4.39 Å². The summed E-state index contributed by atoms with van der Waals surface area (Å²) in [6, 6.07) is 12.8. The van der Waals surface area contributed by atoms with Crippen LogP contribution in [0.1, 0.15) is 50.5 Å². The van der Waals surface area contributed by atoms with Crippen LogP contribution in [0.15, 0.2) is 42.5 Å². The lowest BCUT2D eigenvalue weighted by atomic mass is 9.80. The van der Waals surface area contributed by atoms with Gasteiger partial charge in [0, 0.05) is 18.5 Å². The minimum absolute atomic E-state index is 0.180. The van der Waals surface area contributed by atoms with E-state index in [0.717, 1.165) is 43.3 Å². The van der Waals surface area contributed by atoms with Gasteiger partial charge in [-0.1, -0.05) is 38.3 Å². The van der Waals surface area contributed by atoms with E-state index in [0.29, 0.717) is 18.4 Å². The second-order valence-electron chi connectivity index (χ2n) is 8.39. The van der Waals surface area contributed by atoms with Crippen LogP contribution >= 0.6 is 0 Å². The van der Waals surface area contributed by atoms with Gasteiger partial charge < -0.3 is 19.1 Å². The van der Waals surface area contributed by atoms with Gasteiger partial charge >= 0.3 is 0 Å². The molecule has 2 aromatic rings. The van der Waals surface area contributed by atoms with Gasteiger partial charge in [0.25, 0.3) is 0 Å². The first-order valence-electron chi connectivity index (χ1n) is 11.2. The second kappa shape index (κ2) is 10.2. The number of ether oxygens (including phenoxy) is 3. The molecule has 162 valence electrons. The van der Waals surface area contributed by atoms with E-state index in [1.165, 1.54) is 31.2 Å². The summed E-state index contributed by atoms with van der Waals surface area (Å²) in [5.41, 5.74) is 1.21. The number of piperidine rings is 1. The van der Waals surface area contributed by atoms with Gasteiger partial charge in [0.15, 0.2) is 11.5 Å². The van der Waals surface area contributed by atoms with Gasteiger partial charge in [-0.25, -0.2) is 4.39 Å². The molecule has 0 N–H and O–H groups in total. The summed E-state index contributed by atoms with van der Waals surface area (Å²) in [6.45, 7) is 6.40. The van der Waals surface area contributed by atoms with Crippen LogP contribution in [0.2, 0.25) is 0 Å². The standard InChI is InChI=1S/C25H32FNO3/c1-2-3-4-5-13-27-14-12-23(19-6-8-21(26)9-7-19)20(16-27)17-28-22-10-11-24-25(15-22)30-18-29-24/h6-11,15,20,23H,2-5,12-14,16-18H2,1H3/t20-,23-/m0/s1. The van der Waals surface area contributed by atoms with E-state index in [-0.39, 0.29) is 12.6 Å². The van der Waals surface area contributed by atoms with Gasteiger partial charge in [-0.05, 0) is 61.7 Å². The molecule has 4 nitrogen and oxygen atoms in total. The van der Waals surface area contributed by atoms with Crippen LogP contribution in [0.25, 0.3) is 0 Å². The minimum Gasteiger partial charge on any atom is -0.493 e. The van der Waals surface area contributed by atoms with E-state index in [4.69, 9.17) is 14.2 Å². The Kier molecular flexibility index (Phi) is 7.11. The summed E-state index contributed by atoms with van der Waals surface area (Å²) >= 11 is 0. The summed E-state index contributed by atoms with van der Waals surface area (Å²) in [6.07, 6.45) is 6.20. The van der Waals surface area contributed by atoms with Crippen molar-refractivity contribution in [2.75, 3.05) is 33.0 Å². The number of hydrogen-bond acceptors (Lipinski definition) is 4. The van der Waals surface area contributed by atoms with Crippen molar-refractivity contribution in [3.05, 3.63) is 53.8 Å². The molecule has 0 bridgehead atoms. The third-order valence-corrected chi connectivity index (χ3v) is 6.25. The molecule has 0 unspecified atom stereocenters. The molecule has 0 spiro atoms. The van der Waals surface area contributed by atoms with Crippen LogP contribution in [0.4, 0.5) is 4.39 Å². The molecule has 0 aliphatic carbocycles. The predicted molar refractivity (Wildman–Crippen MR) is 116 cm³/mol. The highest BCUT2D eigenvalue weighted by Gasteiger charge is 2.31. The van der Waals surface area contributed by atoms with E-state index in [1.54, 1.807) is 12.1 Å². The highest BCUT2D eigenvalue weighted by Crippen LogP contribution is 2.37. The first-order valence-corrected chi connectivity index (χ1v) is 11.2. The Balaban J connectivity index is 1.41. The molecule has 2 aliphatic rings. The summed E-state index contributed by atoms with van der Waals surface area (Å²) in [5, 5.41) is 0. The maximum absolute atomic E-state index is 13.4. The van der Waals surface area contributed by atoms with Crippen molar-refractivity contribution in [3.63, 3.8) is 0 Å². The third kappa shape index (κ3) is 5.25. The maximum Gasteiger partial charge on any atom is 0.231 e. The van der Waals surface area contributed by atoms with Crippen molar-refractivity contribution >= 4 is 0 Å². The molecule has 30 heavy (non-hydrogen) atoms. The topological polar surface area (TPSA) is 30.9 Å². The SMILES string of the molecule is CCCCCCN1CC[C@@H](c2ccc(F)cc2)[C@H](COc2ccc3c(c2)OCO3)C1. The summed E-state index contributed by atoms with van der Waals surface area (Å²) < 4.78 is 30.5. The van der Waals surface area contributed by atoms with Crippen molar-refractivity contribution < 1.29 is 18.6 Å². The minimum atomic E-state index is -0.180. The van der Waals surface area contributed by atoms with Crippen LogP contribution in [0.5, 0.6) is 17.2 Å². The molecule has 0 radical (unpaired) electrons. The smallest absolute Gasteiger partial charge is 0.231 e. The van der Waals surface area contributed by atoms with Crippen LogP contribution in [-0.2, 0) is 0 Å². The molecule has 0 amide bonds. The lowest BCUT2D eigenvalue weighted by Gasteiger charge is -2.39. The fourth-order valence-electron chi connectivity index (χ4n) is 4.56. The van der Waals surface area contributed by atoms with Crippen LogP contribution in [0, 0.1) is 11.7 Å². The molecular weight excluding hydrogens is 381 g/mol. The van der Waals surface area contributed by atoms with E-state index in [2.05, 4.69) is 11.8 Å². The highest BCUT2D eigenvalue weighted by atomic mass is 19.1. The quantitative estimate of drug-likeness (QED) is 0.499. The van der Waals surface area contributed by atoms with Crippen molar-refractivity contribution in [2.45, 2.75) is 44.9 Å². The second-order valence-corrected chi connectivity index (χ2v) is 8.39. The number of hydrogen-bond donors (Lipinski definition) is 0. The number of rotatable bonds is 9. The lowest BCUT2D eigenvalue weighted by molar-refractivity contribution is 0.109. The average molecular weight is 414 g/mol. The number of fused-ring (bicyclic) bond motifs is 1.